The molecule has 0 spiro atoms. The number of unbranched alkanes of at least 4 members (excludes halogenated alkanes) is 1. The molecule has 15 heavy (non-hydrogen) atoms. The van der Waals surface area contributed by atoms with Crippen LogP contribution in [0.2, 0.25) is 25.2 Å². The van der Waals surface area contributed by atoms with Gasteiger partial charge in [0, 0.05) is 11.5 Å². The van der Waals surface area contributed by atoms with E-state index in [9.17, 15) is 4.79 Å². The highest BCUT2D eigenvalue weighted by molar-refractivity contribution is 6.80. The molecular weight excluding hydrogens is 200 g/mol. The lowest BCUT2D eigenvalue weighted by Crippen LogP contribution is -2.35. The number of ketones is 1. The number of hydrogen-bond donors (Lipinski definition) is 0. The van der Waals surface area contributed by atoms with Crippen LogP contribution in [0, 0.1) is 5.92 Å². The van der Waals surface area contributed by atoms with E-state index in [1.807, 2.05) is 0 Å². The van der Waals surface area contributed by atoms with Gasteiger partial charge in [-0.3, -0.25) is 4.79 Å². The van der Waals surface area contributed by atoms with Crippen molar-refractivity contribution < 1.29 is 4.79 Å². The Hall–Kier alpha value is -0.113. The second-order valence-corrected chi connectivity index (χ2v) is 11.3. The van der Waals surface area contributed by atoms with Crippen LogP contribution < -0.4 is 0 Å². The number of hydrogen-bond acceptors (Lipinski definition) is 1. The van der Waals surface area contributed by atoms with E-state index in [1.165, 1.54) is 12.8 Å². The van der Waals surface area contributed by atoms with Crippen molar-refractivity contribution >= 4 is 13.9 Å². The molecule has 0 bridgehead atoms. The smallest absolute Gasteiger partial charge is 0.136 e. The summed E-state index contributed by atoms with van der Waals surface area (Å²) < 4.78 is 0. The molecule has 2 atom stereocenters. The van der Waals surface area contributed by atoms with Crippen LogP contribution >= 0.6 is 0 Å². The SMILES string of the molecule is CCCCC(CC)C(=O)C(C)[Si](C)(C)C. The second-order valence-electron chi connectivity index (χ2n) is 5.74. The molecule has 0 radical (unpaired) electrons. The second kappa shape index (κ2) is 6.47. The average molecular weight is 228 g/mol. The minimum absolute atomic E-state index is 0.319. The van der Waals surface area contributed by atoms with Gasteiger partial charge in [-0.25, -0.2) is 0 Å². The Bertz CT molecular complexity index is 193. The van der Waals surface area contributed by atoms with E-state index in [0.29, 0.717) is 17.2 Å². The van der Waals surface area contributed by atoms with Crippen LogP contribution in [-0.2, 0) is 4.79 Å². The quantitative estimate of drug-likeness (QED) is 0.586. The third-order valence-electron chi connectivity index (χ3n) is 3.53. The molecule has 0 amide bonds. The van der Waals surface area contributed by atoms with Crippen molar-refractivity contribution in [1.82, 2.24) is 0 Å². The molecule has 2 heteroatoms. The van der Waals surface area contributed by atoms with E-state index in [-0.39, 0.29) is 0 Å². The van der Waals surface area contributed by atoms with E-state index in [4.69, 9.17) is 0 Å². The first-order valence-corrected chi connectivity index (χ1v) is 9.96. The molecule has 0 aromatic carbocycles. The summed E-state index contributed by atoms with van der Waals surface area (Å²) >= 11 is 0. The molecule has 1 nitrogen and oxygen atoms in total. The summed E-state index contributed by atoms with van der Waals surface area (Å²) in [6.07, 6.45) is 4.52. The van der Waals surface area contributed by atoms with Crippen molar-refractivity contribution in [1.29, 1.82) is 0 Å². The Kier molecular flexibility index (Phi) is 6.42. The third kappa shape index (κ3) is 4.96. The molecule has 0 saturated heterocycles. The number of carbonyl (C=O) groups excluding carboxylic acids is 1. The first-order valence-electron chi connectivity index (χ1n) is 6.38. The topological polar surface area (TPSA) is 17.1 Å². The summed E-state index contributed by atoms with van der Waals surface area (Å²) in [6, 6.07) is 0. The standard InChI is InChI=1S/C13H28OSi/c1-7-9-10-12(8-2)13(14)11(3)15(4,5)6/h11-12H,7-10H2,1-6H3. The predicted molar refractivity (Wildman–Crippen MR) is 71.1 cm³/mol. The fraction of sp³-hybridized carbons (Fsp3) is 0.923. The van der Waals surface area contributed by atoms with E-state index in [1.54, 1.807) is 0 Å². The Balaban J connectivity index is 4.38. The molecule has 0 heterocycles. The van der Waals surface area contributed by atoms with Crippen LogP contribution in [0.4, 0.5) is 0 Å². The Labute approximate surface area is 96.7 Å². The van der Waals surface area contributed by atoms with Gasteiger partial charge in [0.05, 0.1) is 8.07 Å². The molecule has 0 aromatic heterocycles. The lowest BCUT2D eigenvalue weighted by Gasteiger charge is -2.27. The highest BCUT2D eigenvalue weighted by Crippen LogP contribution is 2.28. The zero-order valence-corrected chi connectivity index (χ0v) is 12.4. The Morgan fingerprint density at radius 1 is 1.20 bits per heavy atom. The highest BCUT2D eigenvalue weighted by Gasteiger charge is 2.31. The van der Waals surface area contributed by atoms with Gasteiger partial charge in [-0.1, -0.05) is 53.3 Å². The van der Waals surface area contributed by atoms with Crippen molar-refractivity contribution in [3.05, 3.63) is 0 Å². The molecule has 0 N–H and O–H groups in total. The first kappa shape index (κ1) is 14.9. The highest BCUT2D eigenvalue weighted by atomic mass is 28.3. The number of rotatable bonds is 7. The zero-order chi connectivity index (χ0) is 12.1. The average Bonchev–Trinajstić information content (AvgIpc) is 2.16. The van der Waals surface area contributed by atoms with Gasteiger partial charge in [-0.15, -0.1) is 0 Å². The van der Waals surface area contributed by atoms with Crippen molar-refractivity contribution in [2.45, 2.75) is 71.6 Å². The molecule has 0 aromatic rings. The number of Topliss-reactive ketones (excluding diaryl/α,β-unsaturated/α-hetero) is 1. The van der Waals surface area contributed by atoms with Gasteiger partial charge in [-0.2, -0.15) is 0 Å². The normalized spacial score (nSPS) is 16.1. The van der Waals surface area contributed by atoms with Gasteiger partial charge >= 0.3 is 0 Å². The summed E-state index contributed by atoms with van der Waals surface area (Å²) in [6.45, 7) is 13.4. The van der Waals surface area contributed by atoms with Gasteiger partial charge in [0.2, 0.25) is 0 Å². The predicted octanol–water partition coefficient (Wildman–Crippen LogP) is 4.50. The third-order valence-corrected chi connectivity index (χ3v) is 6.41. The van der Waals surface area contributed by atoms with Crippen molar-refractivity contribution in [3.8, 4) is 0 Å². The van der Waals surface area contributed by atoms with Gasteiger partial charge in [0.15, 0.2) is 0 Å². The summed E-state index contributed by atoms with van der Waals surface area (Å²) in [5, 5.41) is 0. The van der Waals surface area contributed by atoms with Crippen LogP contribution in [0.25, 0.3) is 0 Å². The van der Waals surface area contributed by atoms with E-state index in [2.05, 4.69) is 40.4 Å². The molecule has 0 saturated carbocycles. The lowest BCUT2D eigenvalue weighted by atomic mass is 9.93. The molecule has 90 valence electrons. The lowest BCUT2D eigenvalue weighted by molar-refractivity contribution is -0.123. The fourth-order valence-corrected chi connectivity index (χ4v) is 2.87. The minimum Gasteiger partial charge on any atom is -0.299 e. The van der Waals surface area contributed by atoms with Gasteiger partial charge in [0.1, 0.15) is 5.78 Å². The summed E-state index contributed by atoms with van der Waals surface area (Å²) in [5.41, 5.74) is 0.319. The maximum absolute atomic E-state index is 12.3. The first-order chi connectivity index (χ1) is 6.84. The van der Waals surface area contributed by atoms with Crippen LogP contribution in [-0.4, -0.2) is 13.9 Å². The summed E-state index contributed by atoms with van der Waals surface area (Å²) in [7, 11) is -1.29. The van der Waals surface area contributed by atoms with Crippen molar-refractivity contribution in [2.75, 3.05) is 0 Å². The fourth-order valence-electron chi connectivity index (χ4n) is 1.78. The largest absolute Gasteiger partial charge is 0.299 e. The molecule has 0 aliphatic rings. The summed E-state index contributed by atoms with van der Waals surface area (Å²) in [5.74, 6) is 0.858. The number of carbonyl (C=O) groups is 1. The van der Waals surface area contributed by atoms with Crippen LogP contribution in [0.5, 0.6) is 0 Å². The molecule has 0 fully saturated rings. The van der Waals surface area contributed by atoms with Gasteiger partial charge in [-0.05, 0) is 12.8 Å². The molecule has 0 aliphatic carbocycles. The van der Waals surface area contributed by atoms with E-state index in [0.717, 1.165) is 12.8 Å². The molecule has 2 unspecified atom stereocenters. The van der Waals surface area contributed by atoms with Crippen molar-refractivity contribution in [2.24, 2.45) is 5.92 Å². The maximum Gasteiger partial charge on any atom is 0.136 e. The zero-order valence-electron chi connectivity index (χ0n) is 11.4. The molecule has 0 aliphatic heterocycles. The van der Waals surface area contributed by atoms with Crippen LogP contribution in [0.3, 0.4) is 0 Å². The van der Waals surface area contributed by atoms with E-state index >= 15 is 0 Å². The molecular formula is C13H28OSi. The van der Waals surface area contributed by atoms with Crippen LogP contribution in [0.1, 0.15) is 46.5 Å². The molecule has 0 rings (SSSR count). The van der Waals surface area contributed by atoms with Gasteiger partial charge in [0.25, 0.3) is 0 Å². The summed E-state index contributed by atoms with van der Waals surface area (Å²) in [4.78, 5) is 12.3. The minimum atomic E-state index is -1.29. The monoisotopic (exact) mass is 228 g/mol. The van der Waals surface area contributed by atoms with Gasteiger partial charge < -0.3 is 0 Å². The van der Waals surface area contributed by atoms with Crippen molar-refractivity contribution in [3.63, 3.8) is 0 Å². The Morgan fingerprint density at radius 3 is 2.07 bits per heavy atom. The van der Waals surface area contributed by atoms with Crippen LogP contribution in [0.15, 0.2) is 0 Å². The van der Waals surface area contributed by atoms with E-state index < -0.39 is 8.07 Å². The Morgan fingerprint density at radius 2 is 1.73 bits per heavy atom. The maximum atomic E-state index is 12.3.